The fourth-order valence-corrected chi connectivity index (χ4v) is 3.17. The number of phenolic OH excluding ortho intramolecular Hbond substituents is 1. The van der Waals surface area contributed by atoms with Gasteiger partial charge in [0.25, 0.3) is 0 Å². The lowest BCUT2D eigenvalue weighted by Crippen LogP contribution is -1.91. The van der Waals surface area contributed by atoms with Crippen LogP contribution in [0.2, 0.25) is 0 Å². The number of halogens is 1. The highest BCUT2D eigenvalue weighted by Crippen LogP contribution is 2.25. The lowest BCUT2D eigenvalue weighted by molar-refractivity contribution is 0.468. The number of para-hydroxylation sites is 1. The van der Waals surface area contributed by atoms with Crippen molar-refractivity contribution < 1.29 is 5.11 Å². The highest BCUT2D eigenvalue weighted by molar-refractivity contribution is 14.1. The van der Waals surface area contributed by atoms with Crippen molar-refractivity contribution in [3.63, 3.8) is 0 Å². The summed E-state index contributed by atoms with van der Waals surface area (Å²) in [5.41, 5.74) is 3.76. The number of hydrogen-bond donors (Lipinski definition) is 1. The maximum Gasteiger partial charge on any atom is 0.127 e. The average Bonchev–Trinajstić information content (AvgIpc) is 3.03. The van der Waals surface area contributed by atoms with Gasteiger partial charge in [-0.2, -0.15) is 11.3 Å². The molecule has 22 heavy (non-hydrogen) atoms. The Morgan fingerprint density at radius 2 is 1.91 bits per heavy atom. The number of benzene rings is 2. The molecule has 1 heterocycles. The number of nitrogens with zero attached hydrogens (tertiary/aromatic N) is 1. The lowest BCUT2D eigenvalue weighted by Gasteiger charge is -2.06. The molecule has 2 aromatic carbocycles. The second-order valence-corrected chi connectivity index (χ2v) is 6.92. The van der Waals surface area contributed by atoms with Gasteiger partial charge in [0, 0.05) is 21.8 Å². The molecule has 0 fully saturated rings. The van der Waals surface area contributed by atoms with E-state index < -0.39 is 0 Å². The Morgan fingerprint density at radius 3 is 2.64 bits per heavy atom. The number of aromatic hydroxyl groups is 1. The molecule has 1 N–H and O–H groups in total. The van der Waals surface area contributed by atoms with Gasteiger partial charge in [-0.1, -0.05) is 12.1 Å². The molecule has 2 nitrogen and oxygen atoms in total. The van der Waals surface area contributed by atoms with Gasteiger partial charge < -0.3 is 5.11 Å². The summed E-state index contributed by atoms with van der Waals surface area (Å²) in [4.78, 5) is 4.43. The van der Waals surface area contributed by atoms with Crippen LogP contribution in [0.25, 0.3) is 0 Å². The molecule has 3 rings (SSSR count). The molecule has 0 atom stereocenters. The summed E-state index contributed by atoms with van der Waals surface area (Å²) in [7, 11) is 0. The van der Waals surface area contributed by atoms with Crippen LogP contribution in [0, 0.1) is 3.57 Å². The Hall–Kier alpha value is -1.66. The minimum atomic E-state index is 0.308. The van der Waals surface area contributed by atoms with Crippen molar-refractivity contribution in [3.8, 4) is 5.75 Å². The summed E-state index contributed by atoms with van der Waals surface area (Å²) in [5.74, 6) is 0.308. The lowest BCUT2D eigenvalue weighted by atomic mass is 10.0. The minimum Gasteiger partial charge on any atom is -0.507 e. The Bertz CT molecular complexity index is 779. The smallest absolute Gasteiger partial charge is 0.127 e. The Kier molecular flexibility index (Phi) is 4.90. The van der Waals surface area contributed by atoms with Crippen LogP contribution < -0.4 is 0 Å². The normalized spacial score (nSPS) is 11.1. The standard InChI is InChI=1S/C18H14INOS/c19-16-4-6-17(7-5-16)20-11-15-3-1-2-14(18(15)21)10-13-8-9-22-12-13/h1-9,11-12,21H,10H2. The van der Waals surface area contributed by atoms with Gasteiger partial charge in [0.1, 0.15) is 5.75 Å². The van der Waals surface area contributed by atoms with Crippen LogP contribution in [0.1, 0.15) is 16.7 Å². The number of thiophene rings is 1. The molecule has 0 spiro atoms. The molecule has 110 valence electrons. The van der Waals surface area contributed by atoms with Gasteiger partial charge in [0.05, 0.1) is 5.69 Å². The van der Waals surface area contributed by atoms with Crippen LogP contribution >= 0.6 is 33.9 Å². The summed E-state index contributed by atoms with van der Waals surface area (Å²) in [6.45, 7) is 0. The number of aliphatic imine (C=N–C) groups is 1. The molecule has 0 saturated heterocycles. The average molecular weight is 419 g/mol. The molecule has 0 amide bonds. The molecule has 0 radical (unpaired) electrons. The highest BCUT2D eigenvalue weighted by atomic mass is 127. The maximum atomic E-state index is 10.4. The zero-order chi connectivity index (χ0) is 15.4. The molecular weight excluding hydrogens is 405 g/mol. The molecule has 0 saturated carbocycles. The first-order valence-electron chi connectivity index (χ1n) is 6.84. The summed E-state index contributed by atoms with van der Waals surface area (Å²) >= 11 is 3.93. The molecule has 4 heteroatoms. The Balaban J connectivity index is 1.83. The maximum absolute atomic E-state index is 10.4. The molecule has 0 aliphatic rings. The van der Waals surface area contributed by atoms with Gasteiger partial charge in [-0.05, 0) is 80.9 Å². The highest BCUT2D eigenvalue weighted by Gasteiger charge is 2.06. The van der Waals surface area contributed by atoms with Gasteiger partial charge in [0.15, 0.2) is 0 Å². The Morgan fingerprint density at radius 1 is 1.09 bits per heavy atom. The van der Waals surface area contributed by atoms with E-state index in [1.54, 1.807) is 17.6 Å². The number of phenols is 1. The van der Waals surface area contributed by atoms with Gasteiger partial charge in [0.2, 0.25) is 0 Å². The number of rotatable bonds is 4. The molecule has 3 aromatic rings. The second-order valence-electron chi connectivity index (χ2n) is 4.90. The second kappa shape index (κ2) is 7.07. The van der Waals surface area contributed by atoms with Crippen LogP contribution in [-0.4, -0.2) is 11.3 Å². The van der Waals surface area contributed by atoms with Crippen molar-refractivity contribution in [3.05, 3.63) is 79.6 Å². The van der Waals surface area contributed by atoms with E-state index in [0.29, 0.717) is 5.75 Å². The SMILES string of the molecule is Oc1c(C=Nc2ccc(I)cc2)cccc1Cc1ccsc1. The van der Waals surface area contributed by atoms with Crippen LogP contribution in [0.15, 0.2) is 64.3 Å². The summed E-state index contributed by atoms with van der Waals surface area (Å²) < 4.78 is 1.18. The molecule has 0 bridgehead atoms. The van der Waals surface area contributed by atoms with Crippen LogP contribution in [0.5, 0.6) is 5.75 Å². The van der Waals surface area contributed by atoms with Gasteiger partial charge >= 0.3 is 0 Å². The zero-order valence-electron chi connectivity index (χ0n) is 11.7. The third-order valence-electron chi connectivity index (χ3n) is 3.30. The Labute approximate surface area is 147 Å². The van der Waals surface area contributed by atoms with E-state index in [2.05, 4.69) is 44.4 Å². The van der Waals surface area contributed by atoms with Gasteiger partial charge in [-0.25, -0.2) is 0 Å². The van der Waals surface area contributed by atoms with E-state index in [1.165, 1.54) is 9.13 Å². The van der Waals surface area contributed by atoms with E-state index >= 15 is 0 Å². The van der Waals surface area contributed by atoms with Crippen molar-refractivity contribution in [2.45, 2.75) is 6.42 Å². The molecule has 0 aliphatic heterocycles. The first-order chi connectivity index (χ1) is 10.7. The van der Waals surface area contributed by atoms with E-state index in [4.69, 9.17) is 0 Å². The molecule has 1 aromatic heterocycles. The third kappa shape index (κ3) is 3.75. The van der Waals surface area contributed by atoms with Crippen molar-refractivity contribution in [2.24, 2.45) is 4.99 Å². The van der Waals surface area contributed by atoms with Crippen molar-refractivity contribution in [2.75, 3.05) is 0 Å². The monoisotopic (exact) mass is 419 g/mol. The molecule has 0 unspecified atom stereocenters. The topological polar surface area (TPSA) is 32.6 Å². The quantitative estimate of drug-likeness (QED) is 0.446. The molecular formula is C18H14INOS. The van der Waals surface area contributed by atoms with E-state index in [1.807, 2.05) is 42.5 Å². The first kappa shape index (κ1) is 15.2. The third-order valence-corrected chi connectivity index (χ3v) is 4.76. The summed E-state index contributed by atoms with van der Waals surface area (Å²) in [6, 6.07) is 15.8. The van der Waals surface area contributed by atoms with Crippen LogP contribution in [0.4, 0.5) is 5.69 Å². The van der Waals surface area contributed by atoms with E-state index in [0.717, 1.165) is 23.2 Å². The fourth-order valence-electron chi connectivity index (χ4n) is 2.14. The predicted octanol–water partition coefficient (Wildman–Crippen LogP) is 5.40. The van der Waals surface area contributed by atoms with Gasteiger partial charge in [-0.15, -0.1) is 0 Å². The zero-order valence-corrected chi connectivity index (χ0v) is 14.7. The largest absolute Gasteiger partial charge is 0.507 e. The summed E-state index contributed by atoms with van der Waals surface area (Å²) in [5, 5.41) is 14.6. The molecule has 0 aliphatic carbocycles. The predicted molar refractivity (Wildman–Crippen MR) is 102 cm³/mol. The van der Waals surface area contributed by atoms with Crippen molar-refractivity contribution >= 4 is 45.8 Å². The van der Waals surface area contributed by atoms with Gasteiger partial charge in [-0.3, -0.25) is 4.99 Å². The minimum absolute atomic E-state index is 0.308. The van der Waals surface area contributed by atoms with Crippen LogP contribution in [0.3, 0.4) is 0 Å². The summed E-state index contributed by atoms with van der Waals surface area (Å²) in [6.07, 6.45) is 2.45. The van der Waals surface area contributed by atoms with Crippen LogP contribution in [-0.2, 0) is 6.42 Å². The first-order valence-corrected chi connectivity index (χ1v) is 8.86. The van der Waals surface area contributed by atoms with Crippen molar-refractivity contribution in [1.82, 2.24) is 0 Å². The van der Waals surface area contributed by atoms with E-state index in [-0.39, 0.29) is 0 Å². The fraction of sp³-hybridized carbons (Fsp3) is 0.0556. The van der Waals surface area contributed by atoms with Crippen molar-refractivity contribution in [1.29, 1.82) is 0 Å². The number of hydrogen-bond acceptors (Lipinski definition) is 3. The van der Waals surface area contributed by atoms with E-state index in [9.17, 15) is 5.11 Å².